The molecule has 0 aromatic carbocycles. The van der Waals surface area contributed by atoms with Crippen molar-refractivity contribution in [3.8, 4) is 0 Å². The molecule has 0 heterocycles. The second-order valence-corrected chi connectivity index (χ2v) is 14.2. The average Bonchev–Trinajstić information content (AvgIpc) is 3.20. The van der Waals surface area contributed by atoms with Gasteiger partial charge in [-0.15, -0.1) is 0 Å². The van der Waals surface area contributed by atoms with Gasteiger partial charge in [-0.1, -0.05) is 129 Å². The van der Waals surface area contributed by atoms with E-state index < -0.39 is 0 Å². The summed E-state index contributed by atoms with van der Waals surface area (Å²) in [6.07, 6.45) is 26.3. The third-order valence-electron chi connectivity index (χ3n) is 9.05. The fourth-order valence-electron chi connectivity index (χ4n) is 5.73. The summed E-state index contributed by atoms with van der Waals surface area (Å²) in [7, 11) is 0. The minimum absolute atomic E-state index is 0.132. The number of carbonyl (C=O) groups is 2. The van der Waals surface area contributed by atoms with E-state index in [1.807, 2.05) is 0 Å². The lowest BCUT2D eigenvalue weighted by Crippen LogP contribution is -2.15. The second kappa shape index (κ2) is 49.8. The Bertz CT molecular complexity index is 772. The Balaban J connectivity index is 3.16. The van der Waals surface area contributed by atoms with Crippen LogP contribution in [0.1, 0.15) is 155 Å². The van der Waals surface area contributed by atoms with Crippen molar-refractivity contribution in [2.24, 2.45) is 0 Å². The SMILES string of the molecule is CCCCCCCCCCCCCCCCCC(=O)OCCOCCOCCOCCOCCOCCOCCOCCOCCOC(=O)CCCCCCC. The largest absolute Gasteiger partial charge is 0.463 e. The van der Waals surface area contributed by atoms with E-state index in [2.05, 4.69) is 13.8 Å². The predicted molar refractivity (Wildman–Crippen MR) is 221 cm³/mol. The van der Waals surface area contributed by atoms with E-state index in [9.17, 15) is 9.59 Å². The van der Waals surface area contributed by atoms with E-state index in [1.54, 1.807) is 0 Å². The Labute approximate surface area is 342 Å². The van der Waals surface area contributed by atoms with Crippen LogP contribution in [-0.2, 0) is 57.0 Å². The Kier molecular flexibility index (Phi) is 48.5. The summed E-state index contributed by atoms with van der Waals surface area (Å²) in [5.41, 5.74) is 0. The molecule has 0 spiro atoms. The normalized spacial score (nSPS) is 11.4. The molecule has 0 saturated heterocycles. The van der Waals surface area contributed by atoms with Gasteiger partial charge in [-0.3, -0.25) is 9.59 Å². The van der Waals surface area contributed by atoms with Crippen LogP contribution in [0, 0.1) is 0 Å². The second-order valence-electron chi connectivity index (χ2n) is 14.2. The average molecular weight is 807 g/mol. The van der Waals surface area contributed by atoms with Gasteiger partial charge < -0.3 is 47.4 Å². The molecule has 56 heavy (non-hydrogen) atoms. The van der Waals surface area contributed by atoms with Crippen molar-refractivity contribution in [1.82, 2.24) is 0 Å². The first-order valence-electron chi connectivity index (χ1n) is 22.6. The van der Waals surface area contributed by atoms with Crippen molar-refractivity contribution < 1.29 is 57.0 Å². The Morgan fingerprint density at radius 2 is 0.429 bits per heavy atom. The van der Waals surface area contributed by atoms with Crippen LogP contribution >= 0.6 is 0 Å². The standard InChI is InChI=1S/C44H86O12/c1-3-5-7-9-10-11-12-13-14-15-16-17-18-20-22-24-44(46)56-42-40-54-38-36-52-34-32-50-30-28-48-26-25-47-27-29-49-31-33-51-35-37-53-39-41-55-43(45)23-21-19-8-6-4-2/h3-42H2,1-2H3. The molecule has 0 aromatic heterocycles. The van der Waals surface area contributed by atoms with Crippen molar-refractivity contribution in [2.75, 3.05) is 119 Å². The summed E-state index contributed by atoms with van der Waals surface area (Å²) in [6, 6.07) is 0. The molecule has 0 aromatic rings. The zero-order valence-electron chi connectivity index (χ0n) is 36.2. The topological polar surface area (TPSA) is 126 Å². The fourth-order valence-corrected chi connectivity index (χ4v) is 5.73. The van der Waals surface area contributed by atoms with Crippen LogP contribution in [0.2, 0.25) is 0 Å². The van der Waals surface area contributed by atoms with E-state index >= 15 is 0 Å². The molecule has 12 heteroatoms. The summed E-state index contributed by atoms with van der Waals surface area (Å²) in [5.74, 6) is -0.279. The van der Waals surface area contributed by atoms with Crippen LogP contribution < -0.4 is 0 Å². The molecule has 0 aliphatic carbocycles. The van der Waals surface area contributed by atoms with Crippen molar-refractivity contribution in [3.05, 3.63) is 0 Å². The first-order chi connectivity index (χ1) is 27.7. The van der Waals surface area contributed by atoms with E-state index in [-0.39, 0.29) is 25.2 Å². The lowest BCUT2D eigenvalue weighted by Gasteiger charge is -2.09. The maximum absolute atomic E-state index is 11.9. The van der Waals surface area contributed by atoms with Gasteiger partial charge in [-0.05, 0) is 12.8 Å². The van der Waals surface area contributed by atoms with Gasteiger partial charge in [0.05, 0.1) is 106 Å². The van der Waals surface area contributed by atoms with Crippen molar-refractivity contribution in [2.45, 2.75) is 155 Å². The first-order valence-corrected chi connectivity index (χ1v) is 22.6. The quantitative estimate of drug-likeness (QED) is 0.0431. The molecule has 0 saturated carbocycles. The van der Waals surface area contributed by atoms with Crippen LogP contribution in [0.15, 0.2) is 0 Å². The Morgan fingerprint density at radius 3 is 0.643 bits per heavy atom. The minimum atomic E-state index is -0.148. The fraction of sp³-hybridized carbons (Fsp3) is 0.955. The van der Waals surface area contributed by atoms with Crippen LogP contribution in [0.25, 0.3) is 0 Å². The van der Waals surface area contributed by atoms with Crippen molar-refractivity contribution >= 4 is 11.9 Å². The van der Waals surface area contributed by atoms with E-state index in [4.69, 9.17) is 47.4 Å². The monoisotopic (exact) mass is 807 g/mol. The highest BCUT2D eigenvalue weighted by Crippen LogP contribution is 2.14. The number of carbonyl (C=O) groups excluding carboxylic acids is 2. The van der Waals surface area contributed by atoms with Gasteiger partial charge in [0.25, 0.3) is 0 Å². The third-order valence-corrected chi connectivity index (χ3v) is 9.05. The van der Waals surface area contributed by atoms with Crippen LogP contribution in [0.3, 0.4) is 0 Å². The molecule has 334 valence electrons. The summed E-state index contributed by atoms with van der Waals surface area (Å²) >= 11 is 0. The Morgan fingerprint density at radius 1 is 0.250 bits per heavy atom. The summed E-state index contributed by atoms with van der Waals surface area (Å²) in [6.45, 7) is 12.5. The van der Waals surface area contributed by atoms with Gasteiger partial charge in [0.15, 0.2) is 0 Å². The molecule has 0 bridgehead atoms. The number of esters is 2. The van der Waals surface area contributed by atoms with Gasteiger partial charge in [0.2, 0.25) is 0 Å². The molecule has 0 unspecified atom stereocenters. The lowest BCUT2D eigenvalue weighted by molar-refractivity contribution is -0.146. The molecule has 0 aliphatic rings. The van der Waals surface area contributed by atoms with Crippen molar-refractivity contribution in [3.63, 3.8) is 0 Å². The zero-order chi connectivity index (χ0) is 40.5. The van der Waals surface area contributed by atoms with Crippen LogP contribution in [-0.4, -0.2) is 131 Å². The van der Waals surface area contributed by atoms with Gasteiger partial charge in [0, 0.05) is 12.8 Å². The van der Waals surface area contributed by atoms with E-state index in [0.717, 1.165) is 25.7 Å². The van der Waals surface area contributed by atoms with Gasteiger partial charge in [-0.25, -0.2) is 0 Å². The Hall–Kier alpha value is -1.38. The first kappa shape index (κ1) is 54.6. The van der Waals surface area contributed by atoms with Crippen LogP contribution in [0.4, 0.5) is 0 Å². The van der Waals surface area contributed by atoms with Crippen LogP contribution in [0.5, 0.6) is 0 Å². The molecule has 0 N–H and O–H groups in total. The summed E-state index contributed by atoms with van der Waals surface area (Å²) in [5, 5.41) is 0. The smallest absolute Gasteiger partial charge is 0.305 e. The van der Waals surface area contributed by atoms with Crippen molar-refractivity contribution in [1.29, 1.82) is 0 Å². The molecular weight excluding hydrogens is 720 g/mol. The number of ether oxygens (including phenoxy) is 10. The highest BCUT2D eigenvalue weighted by molar-refractivity contribution is 5.69. The van der Waals surface area contributed by atoms with Gasteiger partial charge in [0.1, 0.15) is 13.2 Å². The highest BCUT2D eigenvalue weighted by Gasteiger charge is 2.04. The third kappa shape index (κ3) is 48.8. The summed E-state index contributed by atoms with van der Waals surface area (Å²) < 4.78 is 54.3. The molecule has 0 rings (SSSR count). The lowest BCUT2D eigenvalue weighted by atomic mass is 10.0. The zero-order valence-corrected chi connectivity index (χ0v) is 36.2. The van der Waals surface area contributed by atoms with Gasteiger partial charge >= 0.3 is 11.9 Å². The van der Waals surface area contributed by atoms with E-state index in [0.29, 0.717) is 119 Å². The summed E-state index contributed by atoms with van der Waals surface area (Å²) in [4.78, 5) is 23.5. The molecule has 0 atom stereocenters. The molecule has 0 radical (unpaired) electrons. The van der Waals surface area contributed by atoms with Gasteiger partial charge in [-0.2, -0.15) is 0 Å². The molecule has 0 fully saturated rings. The highest BCUT2D eigenvalue weighted by atomic mass is 16.6. The minimum Gasteiger partial charge on any atom is -0.463 e. The molecule has 0 aliphatic heterocycles. The van der Waals surface area contributed by atoms with E-state index in [1.165, 1.54) is 103 Å². The predicted octanol–water partition coefficient (Wildman–Crippen LogP) is 8.83. The number of hydrogen-bond acceptors (Lipinski definition) is 12. The maximum Gasteiger partial charge on any atom is 0.305 e. The molecule has 0 amide bonds. The number of unbranched alkanes of at least 4 members (excludes halogenated alkanes) is 18. The molecule has 12 nitrogen and oxygen atoms in total. The number of rotatable bonds is 49. The number of hydrogen-bond donors (Lipinski definition) is 0. The molecular formula is C44H86O12. The maximum atomic E-state index is 11.9.